The van der Waals surface area contributed by atoms with Gasteiger partial charge in [0.2, 0.25) is 0 Å². The van der Waals surface area contributed by atoms with Crippen LogP contribution in [-0.2, 0) is 0 Å². The molecule has 0 amide bonds. The predicted molar refractivity (Wildman–Crippen MR) is 89.6 cm³/mol. The third-order valence-electron chi connectivity index (χ3n) is 3.53. The first-order valence-corrected chi connectivity index (χ1v) is 7.10. The van der Waals surface area contributed by atoms with Crippen molar-refractivity contribution < 1.29 is 39.6 Å². The van der Waals surface area contributed by atoms with Crippen LogP contribution in [0.5, 0.6) is 0 Å². The number of rotatable bonds is 6. The molecule has 8 heteroatoms. The van der Waals surface area contributed by atoms with Gasteiger partial charge in [-0.1, -0.05) is 18.2 Å². The molecular formula is C18H12O8. The summed E-state index contributed by atoms with van der Waals surface area (Å²) in [5.41, 5.74) is -1.09. The average molecular weight is 356 g/mol. The average Bonchev–Trinajstić information content (AvgIpc) is 2.58. The monoisotopic (exact) mass is 356 g/mol. The van der Waals surface area contributed by atoms with Gasteiger partial charge in [0.05, 0.1) is 22.3 Å². The van der Waals surface area contributed by atoms with E-state index in [9.17, 15) is 34.5 Å². The SMILES string of the molecule is O=C(O)c1ccc(C(=O)O)c(/C=C\c2c(C(=O)O)cccc2C(=O)O)c1. The van der Waals surface area contributed by atoms with E-state index in [4.69, 9.17) is 5.11 Å². The molecule has 132 valence electrons. The standard InChI is InChI=1S/C18H12O8/c19-15(20)10-5-6-11(16(21)22)9(8-10)4-7-12-13(17(23)24)2-1-3-14(12)18(25)26/h1-8H,(H,19,20)(H,21,22)(H,23,24)(H,25,26)/b7-4-. The molecule has 0 bridgehead atoms. The minimum atomic E-state index is -1.36. The number of hydrogen-bond acceptors (Lipinski definition) is 4. The quantitative estimate of drug-likeness (QED) is 0.577. The Morgan fingerprint density at radius 1 is 0.654 bits per heavy atom. The van der Waals surface area contributed by atoms with Crippen LogP contribution < -0.4 is 0 Å². The third kappa shape index (κ3) is 3.75. The van der Waals surface area contributed by atoms with Crippen molar-refractivity contribution >= 4 is 36.0 Å². The Labute approximate surface area is 146 Å². The molecule has 8 nitrogen and oxygen atoms in total. The molecule has 0 aliphatic rings. The van der Waals surface area contributed by atoms with E-state index in [2.05, 4.69) is 0 Å². The minimum Gasteiger partial charge on any atom is -0.478 e. The molecule has 0 spiro atoms. The number of aromatic carboxylic acids is 4. The number of hydrogen-bond donors (Lipinski definition) is 4. The van der Waals surface area contributed by atoms with E-state index in [1.807, 2.05) is 0 Å². The van der Waals surface area contributed by atoms with Crippen LogP contribution in [0, 0.1) is 0 Å². The summed E-state index contributed by atoms with van der Waals surface area (Å²) in [6.07, 6.45) is 2.31. The van der Waals surface area contributed by atoms with Crippen molar-refractivity contribution in [3.63, 3.8) is 0 Å². The van der Waals surface area contributed by atoms with Gasteiger partial charge in [-0.2, -0.15) is 0 Å². The van der Waals surface area contributed by atoms with Gasteiger partial charge in [0.15, 0.2) is 0 Å². The second-order valence-corrected chi connectivity index (χ2v) is 5.12. The summed E-state index contributed by atoms with van der Waals surface area (Å²) in [4.78, 5) is 45.0. The third-order valence-corrected chi connectivity index (χ3v) is 3.53. The van der Waals surface area contributed by atoms with Crippen molar-refractivity contribution in [1.29, 1.82) is 0 Å². The molecule has 0 unspecified atom stereocenters. The van der Waals surface area contributed by atoms with Crippen molar-refractivity contribution in [3.8, 4) is 0 Å². The van der Waals surface area contributed by atoms with Crippen molar-refractivity contribution in [1.82, 2.24) is 0 Å². The molecule has 0 aliphatic carbocycles. The van der Waals surface area contributed by atoms with Crippen LogP contribution in [0.3, 0.4) is 0 Å². The van der Waals surface area contributed by atoms with Crippen molar-refractivity contribution in [2.45, 2.75) is 0 Å². The van der Waals surface area contributed by atoms with Crippen molar-refractivity contribution in [3.05, 3.63) is 69.8 Å². The van der Waals surface area contributed by atoms with Crippen LogP contribution in [0.1, 0.15) is 52.6 Å². The number of carboxylic acid groups (broad SMARTS) is 4. The zero-order valence-corrected chi connectivity index (χ0v) is 13.0. The van der Waals surface area contributed by atoms with Gasteiger partial charge in [0.1, 0.15) is 0 Å². The molecule has 26 heavy (non-hydrogen) atoms. The van der Waals surface area contributed by atoms with Gasteiger partial charge in [0.25, 0.3) is 0 Å². The van der Waals surface area contributed by atoms with E-state index in [1.54, 1.807) is 0 Å². The van der Waals surface area contributed by atoms with Crippen LogP contribution in [0.2, 0.25) is 0 Å². The lowest BCUT2D eigenvalue weighted by Gasteiger charge is -2.07. The minimum absolute atomic E-state index is 0.00562. The Kier molecular flexibility index (Phi) is 5.17. The lowest BCUT2D eigenvalue weighted by molar-refractivity contribution is 0.0681. The van der Waals surface area contributed by atoms with E-state index >= 15 is 0 Å². The summed E-state index contributed by atoms with van der Waals surface area (Å²) < 4.78 is 0. The smallest absolute Gasteiger partial charge is 0.336 e. The Morgan fingerprint density at radius 2 is 1.19 bits per heavy atom. The second kappa shape index (κ2) is 7.31. The van der Waals surface area contributed by atoms with Gasteiger partial charge in [0, 0.05) is 5.56 Å². The molecule has 0 radical (unpaired) electrons. The highest BCUT2D eigenvalue weighted by Crippen LogP contribution is 2.21. The zero-order valence-electron chi connectivity index (χ0n) is 13.0. The summed E-state index contributed by atoms with van der Waals surface area (Å²) in [7, 11) is 0. The van der Waals surface area contributed by atoms with Crippen LogP contribution in [0.25, 0.3) is 12.2 Å². The molecule has 0 atom stereocenters. The van der Waals surface area contributed by atoms with Crippen LogP contribution >= 0.6 is 0 Å². The topological polar surface area (TPSA) is 149 Å². The first-order chi connectivity index (χ1) is 12.2. The second-order valence-electron chi connectivity index (χ2n) is 5.12. The van der Waals surface area contributed by atoms with E-state index < -0.39 is 23.9 Å². The van der Waals surface area contributed by atoms with E-state index in [0.29, 0.717) is 0 Å². The Balaban J connectivity index is 2.65. The lowest BCUT2D eigenvalue weighted by atomic mass is 9.98. The fourth-order valence-electron chi connectivity index (χ4n) is 2.32. The Bertz CT molecular complexity index is 923. The zero-order chi connectivity index (χ0) is 19.4. The van der Waals surface area contributed by atoms with Gasteiger partial charge in [-0.25, -0.2) is 19.2 Å². The van der Waals surface area contributed by atoms with E-state index in [1.165, 1.54) is 24.3 Å². The molecule has 0 aliphatic heterocycles. The highest BCUT2D eigenvalue weighted by molar-refractivity contribution is 6.02. The fourth-order valence-corrected chi connectivity index (χ4v) is 2.32. The number of carbonyl (C=O) groups is 4. The summed E-state index contributed by atoms with van der Waals surface area (Å²) in [5.74, 6) is -5.30. The van der Waals surface area contributed by atoms with Gasteiger partial charge in [-0.3, -0.25) is 0 Å². The van der Waals surface area contributed by atoms with Crippen LogP contribution in [0.15, 0.2) is 36.4 Å². The van der Waals surface area contributed by atoms with Crippen LogP contribution in [-0.4, -0.2) is 44.3 Å². The van der Waals surface area contributed by atoms with E-state index in [0.717, 1.165) is 24.3 Å². The molecule has 2 rings (SSSR count). The molecule has 2 aromatic rings. The maximum absolute atomic E-state index is 11.3. The highest BCUT2D eigenvalue weighted by atomic mass is 16.4. The molecule has 0 heterocycles. The maximum atomic E-state index is 11.3. The summed E-state index contributed by atoms with van der Waals surface area (Å²) in [5, 5.41) is 36.7. The Hall–Kier alpha value is -3.94. The molecular weight excluding hydrogens is 344 g/mol. The van der Waals surface area contributed by atoms with Gasteiger partial charge >= 0.3 is 23.9 Å². The first kappa shape index (κ1) is 18.4. The molecule has 2 aromatic carbocycles. The highest BCUT2D eigenvalue weighted by Gasteiger charge is 2.17. The molecule has 4 N–H and O–H groups in total. The summed E-state index contributed by atoms with van der Waals surface area (Å²) in [6.45, 7) is 0. The Morgan fingerprint density at radius 3 is 1.65 bits per heavy atom. The summed E-state index contributed by atoms with van der Waals surface area (Å²) in [6, 6.07) is 7.02. The van der Waals surface area contributed by atoms with Gasteiger partial charge in [-0.05, 0) is 35.9 Å². The van der Waals surface area contributed by atoms with Gasteiger partial charge in [-0.15, -0.1) is 0 Å². The van der Waals surface area contributed by atoms with Crippen molar-refractivity contribution in [2.24, 2.45) is 0 Å². The lowest BCUT2D eigenvalue weighted by Crippen LogP contribution is -2.07. The van der Waals surface area contributed by atoms with Crippen molar-refractivity contribution in [2.75, 3.05) is 0 Å². The van der Waals surface area contributed by atoms with E-state index in [-0.39, 0.29) is 33.4 Å². The number of benzene rings is 2. The first-order valence-electron chi connectivity index (χ1n) is 7.10. The fraction of sp³-hybridized carbons (Fsp3) is 0. The van der Waals surface area contributed by atoms with Gasteiger partial charge < -0.3 is 20.4 Å². The van der Waals surface area contributed by atoms with Crippen LogP contribution in [0.4, 0.5) is 0 Å². The maximum Gasteiger partial charge on any atom is 0.336 e. The predicted octanol–water partition coefficient (Wildman–Crippen LogP) is 2.65. The molecule has 0 fully saturated rings. The molecule has 0 saturated carbocycles. The number of carboxylic acids is 4. The summed E-state index contributed by atoms with van der Waals surface area (Å²) >= 11 is 0. The molecule has 0 saturated heterocycles. The largest absolute Gasteiger partial charge is 0.478 e. The molecule has 0 aromatic heterocycles. The normalized spacial score (nSPS) is 10.6.